The van der Waals surface area contributed by atoms with Crippen LogP contribution in [0, 0.1) is 13.8 Å². The van der Waals surface area contributed by atoms with Gasteiger partial charge < -0.3 is 5.32 Å². The number of amides is 1. The second kappa shape index (κ2) is 6.08. The largest absolute Gasteiger partial charge is 0.348 e. The highest BCUT2D eigenvalue weighted by Gasteiger charge is 2.21. The summed E-state index contributed by atoms with van der Waals surface area (Å²) in [7, 11) is 0. The Kier molecular flexibility index (Phi) is 4.16. The van der Waals surface area contributed by atoms with E-state index < -0.39 is 0 Å². The van der Waals surface area contributed by atoms with E-state index in [4.69, 9.17) is 11.6 Å². The smallest absolute Gasteiger partial charge is 0.271 e. The number of carbonyl (C=O) groups is 1. The quantitative estimate of drug-likeness (QED) is 0.945. The Bertz CT molecular complexity index is 704. The molecule has 0 bridgehead atoms. The average Bonchev–Trinajstić information content (AvgIpc) is 3.09. The Hall–Kier alpha value is -1.88. The van der Waals surface area contributed by atoms with Crippen molar-refractivity contribution in [2.45, 2.75) is 45.6 Å². The number of hydrogen-bond donors (Lipinski definition) is 1. The maximum atomic E-state index is 12.4. The first-order valence-corrected chi connectivity index (χ1v) is 7.93. The van der Waals surface area contributed by atoms with Crippen LogP contribution in [-0.2, 0) is 0 Å². The minimum absolute atomic E-state index is 0.208. The lowest BCUT2D eigenvalue weighted by Crippen LogP contribution is -2.33. The molecule has 1 N–H and O–H groups in total. The normalized spacial score (nSPS) is 15.2. The number of halogens is 1. The Morgan fingerprint density at radius 1 is 1.32 bits per heavy atom. The van der Waals surface area contributed by atoms with Crippen LogP contribution >= 0.6 is 11.6 Å². The van der Waals surface area contributed by atoms with Crippen LogP contribution in [0.2, 0.25) is 5.02 Å². The van der Waals surface area contributed by atoms with E-state index in [9.17, 15) is 4.79 Å². The molecule has 3 rings (SSSR count). The molecule has 1 amide bonds. The zero-order valence-electron chi connectivity index (χ0n) is 12.8. The van der Waals surface area contributed by atoms with Crippen molar-refractivity contribution in [3.8, 4) is 5.82 Å². The Morgan fingerprint density at radius 3 is 2.68 bits per heavy atom. The van der Waals surface area contributed by atoms with Crippen molar-refractivity contribution in [1.82, 2.24) is 20.1 Å². The van der Waals surface area contributed by atoms with Gasteiger partial charge in [0.05, 0.1) is 10.7 Å². The van der Waals surface area contributed by atoms with Crippen LogP contribution in [0.25, 0.3) is 5.82 Å². The molecular formula is C16H19ClN4O. The first kappa shape index (κ1) is 15.0. The van der Waals surface area contributed by atoms with Crippen LogP contribution in [0.4, 0.5) is 0 Å². The predicted molar refractivity (Wildman–Crippen MR) is 85.6 cm³/mol. The third kappa shape index (κ3) is 2.99. The molecule has 1 saturated carbocycles. The van der Waals surface area contributed by atoms with Gasteiger partial charge in [0.15, 0.2) is 5.82 Å². The number of carbonyl (C=O) groups excluding carboxylic acids is 1. The molecular weight excluding hydrogens is 300 g/mol. The van der Waals surface area contributed by atoms with E-state index in [0.717, 1.165) is 37.1 Å². The molecule has 2 aromatic heterocycles. The number of nitrogens with one attached hydrogen (secondary N) is 1. The van der Waals surface area contributed by atoms with Crippen LogP contribution in [0.5, 0.6) is 0 Å². The monoisotopic (exact) mass is 318 g/mol. The zero-order valence-corrected chi connectivity index (χ0v) is 13.5. The molecule has 1 fully saturated rings. The molecule has 22 heavy (non-hydrogen) atoms. The molecule has 0 saturated heterocycles. The van der Waals surface area contributed by atoms with Crippen LogP contribution in [0.3, 0.4) is 0 Å². The van der Waals surface area contributed by atoms with Gasteiger partial charge in [-0.05, 0) is 44.9 Å². The van der Waals surface area contributed by atoms with Crippen molar-refractivity contribution < 1.29 is 4.79 Å². The van der Waals surface area contributed by atoms with Gasteiger partial charge in [-0.1, -0.05) is 24.4 Å². The van der Waals surface area contributed by atoms with Gasteiger partial charge in [-0.15, -0.1) is 0 Å². The molecule has 1 aliphatic carbocycles. The second-order valence-electron chi connectivity index (χ2n) is 5.79. The van der Waals surface area contributed by atoms with Crippen LogP contribution in [0.1, 0.15) is 47.6 Å². The standard InChI is InChI=1S/C16H19ClN4O/c1-10-9-11(2)21(20-10)14-8-7-13(17)15(19-14)16(22)18-12-5-3-4-6-12/h7-9,12H,3-6H2,1-2H3,(H,18,22). The van der Waals surface area contributed by atoms with Crippen molar-refractivity contribution in [1.29, 1.82) is 0 Å². The van der Waals surface area contributed by atoms with E-state index in [1.54, 1.807) is 16.8 Å². The third-order valence-corrected chi connectivity index (χ3v) is 4.27. The highest BCUT2D eigenvalue weighted by atomic mass is 35.5. The van der Waals surface area contributed by atoms with Gasteiger partial charge >= 0.3 is 0 Å². The molecule has 6 heteroatoms. The molecule has 116 valence electrons. The van der Waals surface area contributed by atoms with Gasteiger partial charge in [0, 0.05) is 11.7 Å². The molecule has 1 aliphatic rings. The summed E-state index contributed by atoms with van der Waals surface area (Å²) in [5, 5.41) is 7.77. The summed E-state index contributed by atoms with van der Waals surface area (Å²) in [4.78, 5) is 16.8. The fourth-order valence-electron chi connectivity index (χ4n) is 2.89. The fourth-order valence-corrected chi connectivity index (χ4v) is 3.08. The molecule has 0 aliphatic heterocycles. The summed E-state index contributed by atoms with van der Waals surface area (Å²) in [6, 6.07) is 5.68. The lowest BCUT2D eigenvalue weighted by Gasteiger charge is -2.13. The van der Waals surface area contributed by atoms with E-state index in [0.29, 0.717) is 10.8 Å². The first-order chi connectivity index (χ1) is 10.5. The average molecular weight is 319 g/mol. The number of hydrogen-bond acceptors (Lipinski definition) is 3. The summed E-state index contributed by atoms with van der Waals surface area (Å²) in [5.41, 5.74) is 2.14. The lowest BCUT2D eigenvalue weighted by atomic mass is 10.2. The number of nitrogens with zero attached hydrogens (tertiary/aromatic N) is 3. The maximum absolute atomic E-state index is 12.4. The SMILES string of the molecule is Cc1cc(C)n(-c2ccc(Cl)c(C(=O)NC3CCCC3)n2)n1. The molecule has 0 unspecified atom stereocenters. The lowest BCUT2D eigenvalue weighted by molar-refractivity contribution is 0.0933. The summed E-state index contributed by atoms with van der Waals surface area (Å²) in [5.74, 6) is 0.395. The minimum Gasteiger partial charge on any atom is -0.348 e. The van der Waals surface area contributed by atoms with Crippen LogP contribution in [0.15, 0.2) is 18.2 Å². The van der Waals surface area contributed by atoms with E-state index >= 15 is 0 Å². The molecule has 0 atom stereocenters. The fraction of sp³-hybridized carbons (Fsp3) is 0.438. The Balaban J connectivity index is 1.89. The molecule has 2 aromatic rings. The summed E-state index contributed by atoms with van der Waals surface area (Å²) >= 11 is 6.16. The number of aromatic nitrogens is 3. The topological polar surface area (TPSA) is 59.8 Å². The number of pyridine rings is 1. The van der Waals surface area contributed by atoms with Gasteiger partial charge in [0.1, 0.15) is 5.69 Å². The highest BCUT2D eigenvalue weighted by Crippen LogP contribution is 2.21. The van der Waals surface area contributed by atoms with Gasteiger partial charge in [-0.25, -0.2) is 9.67 Å². The molecule has 2 heterocycles. The second-order valence-corrected chi connectivity index (χ2v) is 6.20. The highest BCUT2D eigenvalue weighted by molar-refractivity contribution is 6.33. The van der Waals surface area contributed by atoms with Crippen molar-refractivity contribution in [2.75, 3.05) is 0 Å². The van der Waals surface area contributed by atoms with Crippen molar-refractivity contribution in [2.24, 2.45) is 0 Å². The van der Waals surface area contributed by atoms with E-state index in [2.05, 4.69) is 15.4 Å². The van der Waals surface area contributed by atoms with Crippen molar-refractivity contribution in [3.05, 3.63) is 40.3 Å². The minimum atomic E-state index is -0.208. The van der Waals surface area contributed by atoms with Crippen molar-refractivity contribution >= 4 is 17.5 Å². The first-order valence-electron chi connectivity index (χ1n) is 7.55. The Morgan fingerprint density at radius 2 is 2.05 bits per heavy atom. The van der Waals surface area contributed by atoms with E-state index in [-0.39, 0.29) is 17.6 Å². The summed E-state index contributed by atoms with van der Waals surface area (Å²) in [6.45, 7) is 3.88. The number of rotatable bonds is 3. The maximum Gasteiger partial charge on any atom is 0.271 e. The summed E-state index contributed by atoms with van der Waals surface area (Å²) in [6.07, 6.45) is 4.39. The third-order valence-electron chi connectivity index (χ3n) is 3.96. The molecule has 0 radical (unpaired) electrons. The Labute approximate surface area is 134 Å². The molecule has 5 nitrogen and oxygen atoms in total. The van der Waals surface area contributed by atoms with Gasteiger partial charge in [0.2, 0.25) is 0 Å². The molecule has 0 aromatic carbocycles. The van der Waals surface area contributed by atoms with Crippen molar-refractivity contribution in [3.63, 3.8) is 0 Å². The summed E-state index contributed by atoms with van der Waals surface area (Å²) < 4.78 is 1.72. The van der Waals surface area contributed by atoms with Crippen LogP contribution in [-0.4, -0.2) is 26.7 Å². The number of aryl methyl sites for hydroxylation is 2. The van der Waals surface area contributed by atoms with E-state index in [1.165, 1.54) is 0 Å². The van der Waals surface area contributed by atoms with Gasteiger partial charge in [0.25, 0.3) is 5.91 Å². The van der Waals surface area contributed by atoms with Gasteiger partial charge in [-0.2, -0.15) is 5.10 Å². The zero-order chi connectivity index (χ0) is 15.7. The van der Waals surface area contributed by atoms with Crippen LogP contribution < -0.4 is 5.32 Å². The predicted octanol–water partition coefficient (Wildman–Crippen LogP) is 3.21. The van der Waals surface area contributed by atoms with E-state index in [1.807, 2.05) is 19.9 Å². The molecule has 0 spiro atoms. The van der Waals surface area contributed by atoms with Gasteiger partial charge in [-0.3, -0.25) is 4.79 Å².